The van der Waals surface area contributed by atoms with Crippen LogP contribution in [0.5, 0.6) is 0 Å². The predicted molar refractivity (Wildman–Crippen MR) is 120 cm³/mol. The first-order valence-electron chi connectivity index (χ1n) is 11.2. The average Bonchev–Trinajstić information content (AvgIpc) is 3.21. The first kappa shape index (κ1) is 21.1. The van der Waals surface area contributed by atoms with Crippen LogP contribution in [0.4, 0.5) is 20.4 Å². The van der Waals surface area contributed by atoms with E-state index in [1.165, 1.54) is 24.5 Å². The number of fused-ring (bicyclic) bond motifs is 2. The average molecular weight is 464 g/mol. The molecule has 0 bridgehead atoms. The molecule has 9 heteroatoms. The van der Waals surface area contributed by atoms with Gasteiger partial charge >= 0.3 is 0 Å². The maximum absolute atomic E-state index is 14.2. The normalized spacial score (nSPS) is 18.6. The second-order valence-corrected chi connectivity index (χ2v) is 8.87. The first-order valence-corrected chi connectivity index (χ1v) is 11.2. The van der Waals surface area contributed by atoms with Gasteiger partial charge in [0.2, 0.25) is 5.95 Å². The van der Waals surface area contributed by atoms with Gasteiger partial charge in [-0.1, -0.05) is 18.2 Å². The minimum Gasteiger partial charge on any atom is -0.379 e. The molecule has 1 aromatic heterocycles. The molecule has 3 aromatic rings. The molecule has 34 heavy (non-hydrogen) atoms. The maximum atomic E-state index is 14.2. The van der Waals surface area contributed by atoms with Crippen LogP contribution >= 0.6 is 0 Å². The van der Waals surface area contributed by atoms with E-state index in [1.807, 2.05) is 23.1 Å². The molecule has 0 N–H and O–H groups in total. The van der Waals surface area contributed by atoms with Gasteiger partial charge in [-0.15, -0.1) is 0 Å². The fraction of sp³-hybridized carbons (Fsp3) is 0.320. The van der Waals surface area contributed by atoms with E-state index in [-0.39, 0.29) is 16.9 Å². The lowest BCUT2D eigenvalue weighted by Gasteiger charge is -2.38. The van der Waals surface area contributed by atoms with Crippen LogP contribution in [0.2, 0.25) is 0 Å². The largest absolute Gasteiger partial charge is 0.379 e. The number of ether oxygens (including phenoxy) is 2. The molecule has 2 saturated heterocycles. The molecular formula is C25H22F2N4O3. The molecule has 0 atom stereocenters. The first-order chi connectivity index (χ1) is 16.6. The summed E-state index contributed by atoms with van der Waals surface area (Å²) in [4.78, 5) is 25.8. The zero-order chi connectivity index (χ0) is 23.3. The number of carbonyl (C=O) groups is 1. The second-order valence-electron chi connectivity index (χ2n) is 8.87. The minimum atomic E-state index is -0.929. The number of nitrogens with zero attached hydrogens (tertiary/aromatic N) is 4. The smallest absolute Gasteiger partial charge is 0.254 e. The highest BCUT2D eigenvalue weighted by Crippen LogP contribution is 2.48. The molecule has 0 unspecified atom stereocenters. The van der Waals surface area contributed by atoms with Crippen LogP contribution in [-0.2, 0) is 14.9 Å². The number of anilines is 2. The Bertz CT molecular complexity index is 1260. The van der Waals surface area contributed by atoms with Crippen LogP contribution in [0.1, 0.15) is 15.9 Å². The van der Waals surface area contributed by atoms with E-state index in [9.17, 15) is 13.6 Å². The molecule has 0 radical (unpaired) electrons. The van der Waals surface area contributed by atoms with Crippen molar-refractivity contribution >= 4 is 17.5 Å². The Kier molecular flexibility index (Phi) is 5.04. The Morgan fingerprint density at radius 3 is 2.47 bits per heavy atom. The van der Waals surface area contributed by atoms with E-state index in [1.54, 1.807) is 4.90 Å². The molecule has 174 valence electrons. The zero-order valence-electron chi connectivity index (χ0n) is 18.3. The Balaban J connectivity index is 1.34. The Morgan fingerprint density at radius 2 is 1.76 bits per heavy atom. The molecule has 7 nitrogen and oxygen atoms in total. The van der Waals surface area contributed by atoms with E-state index in [2.05, 4.69) is 9.97 Å². The number of benzene rings is 2. The predicted octanol–water partition coefficient (Wildman–Crippen LogP) is 3.31. The van der Waals surface area contributed by atoms with Crippen molar-refractivity contribution in [3.63, 3.8) is 0 Å². The number of carbonyl (C=O) groups excluding carboxylic acids is 1. The molecule has 1 amide bonds. The SMILES string of the molecule is O=C(c1ccc2c(c1)N(c1ncc(-c3cccc(F)c3F)cn1)CC21COC1)N1CCOCC1. The second kappa shape index (κ2) is 8.11. The third-order valence-electron chi connectivity index (χ3n) is 6.76. The summed E-state index contributed by atoms with van der Waals surface area (Å²) in [5, 5.41) is 0. The third kappa shape index (κ3) is 3.35. The Morgan fingerprint density at radius 1 is 1.00 bits per heavy atom. The number of halogens is 2. The van der Waals surface area contributed by atoms with Crippen molar-refractivity contribution in [2.75, 3.05) is 51.0 Å². The fourth-order valence-electron chi connectivity index (χ4n) is 4.86. The highest BCUT2D eigenvalue weighted by Gasteiger charge is 2.49. The number of hydrogen-bond donors (Lipinski definition) is 0. The quantitative estimate of drug-likeness (QED) is 0.593. The van der Waals surface area contributed by atoms with Crippen LogP contribution in [0, 0.1) is 11.6 Å². The summed E-state index contributed by atoms with van der Waals surface area (Å²) >= 11 is 0. The van der Waals surface area contributed by atoms with Crippen molar-refractivity contribution in [3.05, 3.63) is 71.6 Å². The Hall–Kier alpha value is -3.43. The van der Waals surface area contributed by atoms with Crippen molar-refractivity contribution in [1.82, 2.24) is 14.9 Å². The zero-order valence-corrected chi connectivity index (χ0v) is 18.3. The maximum Gasteiger partial charge on any atom is 0.254 e. The van der Waals surface area contributed by atoms with Gasteiger partial charge in [-0.25, -0.2) is 18.7 Å². The van der Waals surface area contributed by atoms with E-state index in [0.717, 1.165) is 17.3 Å². The third-order valence-corrected chi connectivity index (χ3v) is 6.76. The molecule has 1 spiro atoms. The van der Waals surface area contributed by atoms with Crippen LogP contribution < -0.4 is 4.90 Å². The molecule has 6 rings (SSSR count). The molecule has 2 fully saturated rings. The highest BCUT2D eigenvalue weighted by atomic mass is 19.2. The van der Waals surface area contributed by atoms with Crippen molar-refractivity contribution in [3.8, 4) is 11.1 Å². The van der Waals surface area contributed by atoms with Crippen LogP contribution in [0.15, 0.2) is 48.8 Å². The molecule has 4 heterocycles. The van der Waals surface area contributed by atoms with E-state index < -0.39 is 11.6 Å². The summed E-state index contributed by atoms with van der Waals surface area (Å²) in [7, 11) is 0. The van der Waals surface area contributed by atoms with Crippen molar-refractivity contribution in [1.29, 1.82) is 0 Å². The molecular weight excluding hydrogens is 442 g/mol. The number of morpholine rings is 1. The number of aromatic nitrogens is 2. The number of rotatable bonds is 3. The summed E-state index contributed by atoms with van der Waals surface area (Å²) in [5.41, 5.74) is 2.88. The van der Waals surface area contributed by atoms with Crippen LogP contribution in [0.3, 0.4) is 0 Å². The summed E-state index contributed by atoms with van der Waals surface area (Å²) in [6.07, 6.45) is 2.98. The van der Waals surface area contributed by atoms with Gasteiger partial charge in [-0.05, 0) is 23.8 Å². The highest BCUT2D eigenvalue weighted by molar-refractivity contribution is 5.96. The topological polar surface area (TPSA) is 67.8 Å². The summed E-state index contributed by atoms with van der Waals surface area (Å²) in [6.45, 7) is 3.99. The number of hydrogen-bond acceptors (Lipinski definition) is 6. The van der Waals surface area contributed by atoms with Gasteiger partial charge in [0.05, 0.1) is 31.8 Å². The van der Waals surface area contributed by atoms with E-state index in [4.69, 9.17) is 9.47 Å². The lowest BCUT2D eigenvalue weighted by molar-refractivity contribution is -0.0507. The summed E-state index contributed by atoms with van der Waals surface area (Å²) in [6, 6.07) is 9.78. The monoisotopic (exact) mass is 464 g/mol. The minimum absolute atomic E-state index is 0.0327. The lowest BCUT2D eigenvalue weighted by atomic mass is 9.80. The van der Waals surface area contributed by atoms with Crippen molar-refractivity contribution in [2.24, 2.45) is 0 Å². The van der Waals surface area contributed by atoms with E-state index in [0.29, 0.717) is 63.1 Å². The van der Waals surface area contributed by atoms with Crippen LogP contribution in [-0.4, -0.2) is 66.8 Å². The molecule has 2 aromatic carbocycles. The van der Waals surface area contributed by atoms with Crippen molar-refractivity contribution in [2.45, 2.75) is 5.41 Å². The molecule has 0 saturated carbocycles. The fourth-order valence-corrected chi connectivity index (χ4v) is 4.86. The van der Waals surface area contributed by atoms with Gasteiger partial charge in [0.25, 0.3) is 5.91 Å². The molecule has 3 aliphatic rings. The van der Waals surface area contributed by atoms with Crippen molar-refractivity contribution < 1.29 is 23.0 Å². The standard InChI is InChI=1S/C25H22F2N4O3/c26-20-3-1-2-18(22(20)27)17-11-28-24(29-12-17)31-13-25(14-34-15-25)19-5-4-16(10-21(19)31)23(32)30-6-8-33-9-7-30/h1-5,10-12H,6-9,13-15H2. The summed E-state index contributed by atoms with van der Waals surface area (Å²) < 4.78 is 38.8. The van der Waals surface area contributed by atoms with E-state index >= 15 is 0 Å². The van der Waals surface area contributed by atoms with Gasteiger partial charge in [-0.2, -0.15) is 0 Å². The van der Waals surface area contributed by atoms with Gasteiger partial charge < -0.3 is 19.3 Å². The Labute approximate surface area is 194 Å². The van der Waals surface area contributed by atoms with Gasteiger partial charge in [-0.3, -0.25) is 4.79 Å². The molecule has 3 aliphatic heterocycles. The van der Waals surface area contributed by atoms with Gasteiger partial charge in [0.1, 0.15) is 0 Å². The number of amides is 1. The lowest BCUT2D eigenvalue weighted by Crippen LogP contribution is -2.49. The van der Waals surface area contributed by atoms with Gasteiger partial charge in [0.15, 0.2) is 11.6 Å². The van der Waals surface area contributed by atoms with Gasteiger partial charge in [0, 0.05) is 54.4 Å². The summed E-state index contributed by atoms with van der Waals surface area (Å²) in [5.74, 6) is -1.45. The molecule has 0 aliphatic carbocycles. The van der Waals surface area contributed by atoms with Crippen LogP contribution in [0.25, 0.3) is 11.1 Å².